The normalized spacial score (nSPS) is 10.6. The molecule has 50 valence electrons. The van der Waals surface area contributed by atoms with Gasteiger partial charge in [-0.25, -0.2) is 0 Å². The molecular weight excluding hydrogens is 114 g/mol. The molecule has 2 nitrogen and oxygen atoms in total. The molecule has 0 aromatic carbocycles. The number of furan rings is 1. The van der Waals surface area contributed by atoms with Gasteiger partial charge in [0.05, 0.1) is 12.0 Å². The number of rotatable bonds is 1. The molecule has 0 spiro atoms. The van der Waals surface area contributed by atoms with Crippen molar-refractivity contribution in [1.82, 2.24) is 0 Å². The third kappa shape index (κ3) is 1.07. The Bertz CT molecular complexity index is 191. The summed E-state index contributed by atoms with van der Waals surface area (Å²) in [7, 11) is 0. The van der Waals surface area contributed by atoms with Gasteiger partial charge < -0.3 is 10.2 Å². The Labute approximate surface area is 54.7 Å². The van der Waals surface area contributed by atoms with Gasteiger partial charge in [0.2, 0.25) is 0 Å². The maximum absolute atomic E-state index is 5.55. The van der Waals surface area contributed by atoms with E-state index < -0.39 is 0 Å². The maximum Gasteiger partial charge on any atom is 0.113 e. The number of nitrogen functional groups attached to an aromatic ring is 1. The van der Waals surface area contributed by atoms with Gasteiger partial charge in [-0.2, -0.15) is 0 Å². The number of anilines is 1. The average molecular weight is 125 g/mol. The van der Waals surface area contributed by atoms with Crippen LogP contribution in [0.15, 0.2) is 16.9 Å². The van der Waals surface area contributed by atoms with Crippen molar-refractivity contribution in [2.75, 3.05) is 5.73 Å². The van der Waals surface area contributed by atoms with Crippen molar-refractivity contribution in [1.29, 1.82) is 0 Å². The lowest BCUT2D eigenvalue weighted by Crippen LogP contribution is -1.90. The second-order valence-electron chi connectivity index (χ2n) is 2.44. The SMILES string of the molecule is CC(C)c1cocc1N. The third-order valence-corrected chi connectivity index (χ3v) is 1.35. The molecule has 0 saturated heterocycles. The molecule has 2 N–H and O–H groups in total. The van der Waals surface area contributed by atoms with Crippen LogP contribution in [0.5, 0.6) is 0 Å². The molecule has 0 unspecified atom stereocenters. The summed E-state index contributed by atoms with van der Waals surface area (Å²) in [5.41, 5.74) is 7.39. The molecule has 0 aliphatic carbocycles. The first-order valence-corrected chi connectivity index (χ1v) is 3.03. The molecule has 2 heteroatoms. The molecule has 1 aromatic heterocycles. The lowest BCUT2D eigenvalue weighted by atomic mass is 10.1. The first-order chi connectivity index (χ1) is 4.22. The zero-order valence-corrected chi connectivity index (χ0v) is 5.72. The monoisotopic (exact) mass is 125 g/mol. The number of hydrogen-bond donors (Lipinski definition) is 1. The first-order valence-electron chi connectivity index (χ1n) is 3.03. The third-order valence-electron chi connectivity index (χ3n) is 1.35. The summed E-state index contributed by atoms with van der Waals surface area (Å²) in [4.78, 5) is 0. The zero-order valence-electron chi connectivity index (χ0n) is 5.72. The average Bonchev–Trinajstić information content (AvgIpc) is 2.13. The van der Waals surface area contributed by atoms with Crippen molar-refractivity contribution in [3.8, 4) is 0 Å². The Kier molecular flexibility index (Phi) is 1.47. The van der Waals surface area contributed by atoms with Gasteiger partial charge in [0.15, 0.2) is 0 Å². The van der Waals surface area contributed by atoms with E-state index in [0.29, 0.717) is 5.92 Å². The highest BCUT2D eigenvalue weighted by atomic mass is 16.3. The first kappa shape index (κ1) is 6.20. The topological polar surface area (TPSA) is 39.2 Å². The smallest absolute Gasteiger partial charge is 0.113 e. The van der Waals surface area contributed by atoms with Crippen LogP contribution in [0.2, 0.25) is 0 Å². The Hall–Kier alpha value is -0.920. The fraction of sp³-hybridized carbons (Fsp3) is 0.429. The van der Waals surface area contributed by atoms with Gasteiger partial charge in [-0.1, -0.05) is 13.8 Å². The highest BCUT2D eigenvalue weighted by Crippen LogP contribution is 2.21. The fourth-order valence-electron chi connectivity index (χ4n) is 0.786. The van der Waals surface area contributed by atoms with Crippen LogP contribution in [0, 0.1) is 0 Å². The number of nitrogens with two attached hydrogens (primary N) is 1. The molecule has 0 amide bonds. The largest absolute Gasteiger partial charge is 0.470 e. The van der Waals surface area contributed by atoms with Crippen molar-refractivity contribution >= 4 is 5.69 Å². The van der Waals surface area contributed by atoms with Crippen LogP contribution in [-0.4, -0.2) is 0 Å². The summed E-state index contributed by atoms with van der Waals surface area (Å²) in [5, 5.41) is 0. The number of hydrogen-bond acceptors (Lipinski definition) is 2. The summed E-state index contributed by atoms with van der Waals surface area (Å²) in [5.74, 6) is 0.462. The summed E-state index contributed by atoms with van der Waals surface area (Å²) in [6.45, 7) is 4.17. The Morgan fingerprint density at radius 3 is 2.33 bits per heavy atom. The van der Waals surface area contributed by atoms with E-state index in [1.165, 1.54) is 0 Å². The highest BCUT2D eigenvalue weighted by molar-refractivity contribution is 5.44. The van der Waals surface area contributed by atoms with Gasteiger partial charge in [-0.15, -0.1) is 0 Å². The van der Waals surface area contributed by atoms with E-state index in [1.54, 1.807) is 12.5 Å². The minimum atomic E-state index is 0.462. The van der Waals surface area contributed by atoms with Crippen LogP contribution in [0.1, 0.15) is 25.3 Å². The van der Waals surface area contributed by atoms with Gasteiger partial charge in [0.1, 0.15) is 6.26 Å². The molecule has 1 rings (SSSR count). The Morgan fingerprint density at radius 2 is 2.11 bits per heavy atom. The van der Waals surface area contributed by atoms with Crippen LogP contribution >= 0.6 is 0 Å². The van der Waals surface area contributed by atoms with E-state index in [9.17, 15) is 0 Å². The minimum absolute atomic E-state index is 0.462. The molecule has 0 bridgehead atoms. The van der Waals surface area contributed by atoms with E-state index in [1.807, 2.05) is 0 Å². The second kappa shape index (κ2) is 2.13. The van der Waals surface area contributed by atoms with Gasteiger partial charge in [0, 0.05) is 5.56 Å². The molecule has 9 heavy (non-hydrogen) atoms. The molecule has 0 aliphatic rings. The van der Waals surface area contributed by atoms with Crippen LogP contribution in [-0.2, 0) is 0 Å². The lowest BCUT2D eigenvalue weighted by Gasteiger charge is -1.98. The summed E-state index contributed by atoms with van der Waals surface area (Å²) >= 11 is 0. The molecule has 1 heterocycles. The van der Waals surface area contributed by atoms with E-state index >= 15 is 0 Å². The summed E-state index contributed by atoms with van der Waals surface area (Å²) in [6, 6.07) is 0. The van der Waals surface area contributed by atoms with Crippen LogP contribution in [0.4, 0.5) is 5.69 Å². The highest BCUT2D eigenvalue weighted by Gasteiger charge is 2.04. The molecule has 0 saturated carbocycles. The van der Waals surface area contributed by atoms with Crippen molar-refractivity contribution in [3.63, 3.8) is 0 Å². The molecular formula is C7H11NO. The van der Waals surface area contributed by atoms with Crippen LogP contribution < -0.4 is 5.73 Å². The predicted molar refractivity (Wildman–Crippen MR) is 37.2 cm³/mol. The molecule has 0 atom stereocenters. The quantitative estimate of drug-likeness (QED) is 0.623. The van der Waals surface area contributed by atoms with Gasteiger partial charge >= 0.3 is 0 Å². The standard InChI is InChI=1S/C7H11NO/c1-5(2)6-3-9-4-7(6)8/h3-5H,8H2,1-2H3. The van der Waals surface area contributed by atoms with Crippen molar-refractivity contribution in [2.45, 2.75) is 19.8 Å². The van der Waals surface area contributed by atoms with E-state index in [2.05, 4.69) is 13.8 Å². The summed E-state index contributed by atoms with van der Waals surface area (Å²) in [6.07, 6.45) is 3.26. The van der Waals surface area contributed by atoms with E-state index in [0.717, 1.165) is 11.3 Å². The Morgan fingerprint density at radius 1 is 1.44 bits per heavy atom. The Balaban J connectivity index is 2.94. The fourth-order valence-corrected chi connectivity index (χ4v) is 0.786. The lowest BCUT2D eigenvalue weighted by molar-refractivity contribution is 0.562. The predicted octanol–water partition coefficient (Wildman–Crippen LogP) is 1.99. The van der Waals surface area contributed by atoms with Gasteiger partial charge in [-0.05, 0) is 5.92 Å². The second-order valence-corrected chi connectivity index (χ2v) is 2.44. The summed E-state index contributed by atoms with van der Waals surface area (Å²) < 4.78 is 4.88. The van der Waals surface area contributed by atoms with E-state index in [-0.39, 0.29) is 0 Å². The van der Waals surface area contributed by atoms with Crippen LogP contribution in [0.25, 0.3) is 0 Å². The van der Waals surface area contributed by atoms with Gasteiger partial charge in [0.25, 0.3) is 0 Å². The maximum atomic E-state index is 5.55. The molecule has 0 fully saturated rings. The van der Waals surface area contributed by atoms with Gasteiger partial charge in [-0.3, -0.25) is 0 Å². The van der Waals surface area contributed by atoms with Crippen molar-refractivity contribution < 1.29 is 4.42 Å². The van der Waals surface area contributed by atoms with E-state index in [4.69, 9.17) is 10.2 Å². The molecule has 0 radical (unpaired) electrons. The molecule has 0 aliphatic heterocycles. The minimum Gasteiger partial charge on any atom is -0.470 e. The zero-order chi connectivity index (χ0) is 6.85. The van der Waals surface area contributed by atoms with Crippen LogP contribution in [0.3, 0.4) is 0 Å². The van der Waals surface area contributed by atoms with Crippen molar-refractivity contribution in [3.05, 3.63) is 18.1 Å². The molecule has 1 aromatic rings. The van der Waals surface area contributed by atoms with Crippen molar-refractivity contribution in [2.24, 2.45) is 0 Å².